The molecule has 156 valence electrons. The number of furan rings is 1. The summed E-state index contributed by atoms with van der Waals surface area (Å²) in [6.07, 6.45) is 8.78. The zero-order chi connectivity index (χ0) is 21.6. The molecule has 0 bridgehead atoms. The largest absolute Gasteiger partial charge is 0.466 e. The molecule has 0 unspecified atom stereocenters. The number of aromatic nitrogens is 3. The van der Waals surface area contributed by atoms with Gasteiger partial charge in [0.2, 0.25) is 5.91 Å². The van der Waals surface area contributed by atoms with Gasteiger partial charge >= 0.3 is 0 Å². The van der Waals surface area contributed by atoms with Crippen LogP contribution in [0, 0.1) is 13.8 Å². The van der Waals surface area contributed by atoms with Gasteiger partial charge in [0.05, 0.1) is 6.54 Å². The molecule has 0 atom stereocenters. The van der Waals surface area contributed by atoms with Crippen LogP contribution in [0.3, 0.4) is 0 Å². The second-order valence-corrected chi connectivity index (χ2v) is 7.35. The molecule has 1 N–H and O–H groups in total. The number of hydrogen-bond acceptors (Lipinski definition) is 4. The molecule has 0 aliphatic rings. The average Bonchev–Trinajstić information content (AvgIpc) is 3.33. The molecule has 0 fully saturated rings. The second-order valence-electron chi connectivity index (χ2n) is 7.35. The molecule has 4 rings (SSSR count). The Morgan fingerprint density at radius 3 is 2.71 bits per heavy atom. The van der Waals surface area contributed by atoms with E-state index in [4.69, 9.17) is 9.52 Å². The van der Waals surface area contributed by atoms with Crippen LogP contribution < -0.4 is 5.32 Å². The number of rotatable bonds is 7. The second kappa shape index (κ2) is 9.26. The molecule has 31 heavy (non-hydrogen) atoms. The van der Waals surface area contributed by atoms with E-state index in [1.807, 2.05) is 61.1 Å². The summed E-state index contributed by atoms with van der Waals surface area (Å²) in [5.41, 5.74) is 4.68. The number of pyridine rings is 1. The van der Waals surface area contributed by atoms with E-state index < -0.39 is 0 Å². The zero-order valence-electron chi connectivity index (χ0n) is 17.6. The molecule has 0 saturated carbocycles. The highest BCUT2D eigenvalue weighted by molar-refractivity contribution is 5.92. The molecule has 0 spiro atoms. The van der Waals surface area contributed by atoms with Crippen molar-refractivity contribution in [3.8, 4) is 11.3 Å². The lowest BCUT2D eigenvalue weighted by molar-refractivity contribution is -0.116. The molecular weight excluding hydrogens is 388 g/mol. The van der Waals surface area contributed by atoms with Crippen molar-refractivity contribution in [2.75, 3.05) is 0 Å². The van der Waals surface area contributed by atoms with E-state index >= 15 is 0 Å². The molecule has 1 aromatic carbocycles. The molecule has 0 aliphatic heterocycles. The highest BCUT2D eigenvalue weighted by atomic mass is 16.3. The fourth-order valence-electron chi connectivity index (χ4n) is 3.40. The van der Waals surface area contributed by atoms with Gasteiger partial charge in [0.1, 0.15) is 17.2 Å². The first-order valence-electron chi connectivity index (χ1n) is 10.1. The molecule has 6 nitrogen and oxygen atoms in total. The molecular formula is C25H24N4O2. The van der Waals surface area contributed by atoms with Gasteiger partial charge in [0.15, 0.2) is 0 Å². The third kappa shape index (κ3) is 5.17. The normalized spacial score (nSPS) is 11.2. The molecule has 0 aliphatic carbocycles. The van der Waals surface area contributed by atoms with Crippen LogP contribution in [0.25, 0.3) is 17.3 Å². The summed E-state index contributed by atoms with van der Waals surface area (Å²) < 4.78 is 7.39. The Bertz CT molecular complexity index is 1190. The fourth-order valence-corrected chi connectivity index (χ4v) is 3.40. The summed E-state index contributed by atoms with van der Waals surface area (Å²) in [6.45, 7) is 4.86. The lowest BCUT2D eigenvalue weighted by Crippen LogP contribution is -2.20. The van der Waals surface area contributed by atoms with E-state index in [0.717, 1.165) is 39.5 Å². The Hall–Kier alpha value is -3.93. The predicted octanol–water partition coefficient (Wildman–Crippen LogP) is 4.53. The third-order valence-electron chi connectivity index (χ3n) is 4.92. The van der Waals surface area contributed by atoms with Gasteiger partial charge in [0.25, 0.3) is 0 Å². The minimum atomic E-state index is -0.175. The van der Waals surface area contributed by atoms with Gasteiger partial charge in [-0.1, -0.05) is 30.3 Å². The topological polar surface area (TPSA) is 73.0 Å². The minimum absolute atomic E-state index is 0.175. The summed E-state index contributed by atoms with van der Waals surface area (Å²) in [4.78, 5) is 16.6. The van der Waals surface area contributed by atoms with Crippen molar-refractivity contribution in [1.82, 2.24) is 20.1 Å². The summed E-state index contributed by atoms with van der Waals surface area (Å²) >= 11 is 0. The fraction of sp³-hybridized carbons (Fsp3) is 0.160. The van der Waals surface area contributed by atoms with Gasteiger partial charge in [-0.05, 0) is 43.7 Å². The number of nitrogens with one attached hydrogen (secondary N) is 1. The average molecular weight is 412 g/mol. The Balaban J connectivity index is 1.52. The van der Waals surface area contributed by atoms with E-state index in [9.17, 15) is 4.79 Å². The molecule has 3 heterocycles. The lowest BCUT2D eigenvalue weighted by atomic mass is 10.1. The van der Waals surface area contributed by atoms with E-state index in [2.05, 4.69) is 22.4 Å². The molecule has 6 heteroatoms. The number of nitrogens with zero attached hydrogens (tertiary/aromatic N) is 3. The van der Waals surface area contributed by atoms with E-state index in [0.29, 0.717) is 13.1 Å². The first-order chi connectivity index (χ1) is 15.1. The summed E-state index contributed by atoms with van der Waals surface area (Å²) in [5, 5.41) is 7.65. The highest BCUT2D eigenvalue weighted by Crippen LogP contribution is 2.23. The number of benzene rings is 1. The number of carbonyl (C=O) groups excluding carboxylic acids is 1. The number of amides is 1. The maximum Gasteiger partial charge on any atom is 0.244 e. The van der Waals surface area contributed by atoms with Gasteiger partial charge in [0, 0.05) is 47.9 Å². The first kappa shape index (κ1) is 20.3. The summed E-state index contributed by atoms with van der Waals surface area (Å²) in [7, 11) is 0. The molecule has 1 amide bonds. The standard InChI is InChI=1S/C25H24N4O2/c1-18-13-23(19(2)31-18)15-27-24(30)11-10-22-17-29(16-20-7-4-3-5-8-20)28-25(22)21-9-6-12-26-14-21/h3-14,17H,15-16H2,1-2H3,(H,27,30). The van der Waals surface area contributed by atoms with Crippen LogP contribution in [0.4, 0.5) is 0 Å². The van der Waals surface area contributed by atoms with Crippen LogP contribution in [0.2, 0.25) is 0 Å². The van der Waals surface area contributed by atoms with Gasteiger partial charge in [-0.15, -0.1) is 0 Å². The van der Waals surface area contributed by atoms with Crippen LogP contribution in [0.5, 0.6) is 0 Å². The van der Waals surface area contributed by atoms with E-state index in [1.165, 1.54) is 6.08 Å². The Kier molecular flexibility index (Phi) is 6.08. The van der Waals surface area contributed by atoms with Gasteiger partial charge in [-0.3, -0.25) is 14.5 Å². The maximum atomic E-state index is 12.4. The van der Waals surface area contributed by atoms with Crippen molar-refractivity contribution < 1.29 is 9.21 Å². The Labute approximate surface area is 181 Å². The van der Waals surface area contributed by atoms with Crippen molar-refractivity contribution in [3.63, 3.8) is 0 Å². The van der Waals surface area contributed by atoms with Crippen molar-refractivity contribution in [2.24, 2.45) is 0 Å². The highest BCUT2D eigenvalue weighted by Gasteiger charge is 2.11. The molecule has 0 radical (unpaired) electrons. The third-order valence-corrected chi connectivity index (χ3v) is 4.92. The first-order valence-corrected chi connectivity index (χ1v) is 10.1. The van der Waals surface area contributed by atoms with Crippen LogP contribution in [0.15, 0.2) is 77.6 Å². The predicted molar refractivity (Wildman–Crippen MR) is 120 cm³/mol. The zero-order valence-corrected chi connectivity index (χ0v) is 17.6. The Morgan fingerprint density at radius 2 is 2.00 bits per heavy atom. The summed E-state index contributed by atoms with van der Waals surface area (Å²) in [5.74, 6) is 1.48. The number of carbonyl (C=O) groups is 1. The van der Waals surface area contributed by atoms with Crippen LogP contribution in [-0.4, -0.2) is 20.7 Å². The van der Waals surface area contributed by atoms with Crippen LogP contribution in [0.1, 0.15) is 28.2 Å². The van der Waals surface area contributed by atoms with E-state index in [-0.39, 0.29) is 5.91 Å². The minimum Gasteiger partial charge on any atom is -0.466 e. The summed E-state index contributed by atoms with van der Waals surface area (Å²) in [6, 6.07) is 15.9. The van der Waals surface area contributed by atoms with Crippen molar-refractivity contribution >= 4 is 12.0 Å². The monoisotopic (exact) mass is 412 g/mol. The number of aryl methyl sites for hydroxylation is 2. The molecule has 3 aromatic heterocycles. The van der Waals surface area contributed by atoms with Crippen molar-refractivity contribution in [2.45, 2.75) is 26.9 Å². The van der Waals surface area contributed by atoms with Crippen molar-refractivity contribution in [1.29, 1.82) is 0 Å². The Morgan fingerprint density at radius 1 is 1.16 bits per heavy atom. The van der Waals surface area contributed by atoms with Crippen molar-refractivity contribution in [3.05, 3.63) is 101 Å². The van der Waals surface area contributed by atoms with Crippen LogP contribution in [-0.2, 0) is 17.9 Å². The lowest BCUT2D eigenvalue weighted by Gasteiger charge is -2.01. The van der Waals surface area contributed by atoms with Gasteiger partial charge in [-0.2, -0.15) is 5.10 Å². The van der Waals surface area contributed by atoms with Crippen LogP contribution >= 0.6 is 0 Å². The molecule has 0 saturated heterocycles. The number of hydrogen-bond donors (Lipinski definition) is 1. The SMILES string of the molecule is Cc1cc(CNC(=O)C=Cc2cn(Cc3ccccc3)nc2-c2cccnc2)c(C)o1. The quantitative estimate of drug-likeness (QED) is 0.453. The van der Waals surface area contributed by atoms with Gasteiger partial charge < -0.3 is 9.73 Å². The molecule has 4 aromatic rings. The van der Waals surface area contributed by atoms with Gasteiger partial charge in [-0.25, -0.2) is 0 Å². The maximum absolute atomic E-state index is 12.4. The van der Waals surface area contributed by atoms with E-state index in [1.54, 1.807) is 18.5 Å². The smallest absolute Gasteiger partial charge is 0.244 e.